The molecule has 0 spiro atoms. The highest BCUT2D eigenvalue weighted by molar-refractivity contribution is 4.72. The fourth-order valence-corrected chi connectivity index (χ4v) is 9.72. The quantitative estimate of drug-likeness (QED) is 0.267. The highest BCUT2D eigenvalue weighted by Crippen LogP contribution is 2.32. The molecule has 2 heteroatoms. The lowest BCUT2D eigenvalue weighted by molar-refractivity contribution is 0.185. The molecule has 53 heavy (non-hydrogen) atoms. The summed E-state index contributed by atoms with van der Waals surface area (Å²) in [6.07, 6.45) is 35.5. The van der Waals surface area contributed by atoms with Gasteiger partial charge in [-0.25, -0.2) is 0 Å². The van der Waals surface area contributed by atoms with Gasteiger partial charge in [-0.15, -0.1) is 0 Å². The number of likely N-dealkylation sites (tertiary alicyclic amines) is 2. The Morgan fingerprint density at radius 2 is 0.434 bits per heavy atom. The second-order valence-corrected chi connectivity index (χ2v) is 20.2. The van der Waals surface area contributed by atoms with Crippen molar-refractivity contribution in [1.82, 2.24) is 9.80 Å². The monoisotopic (exact) mass is 747 g/mol. The molecule has 0 unspecified atom stereocenters. The van der Waals surface area contributed by atoms with Crippen molar-refractivity contribution in [3.8, 4) is 0 Å². The average molecular weight is 747 g/mol. The van der Waals surface area contributed by atoms with Crippen LogP contribution in [0.5, 0.6) is 0 Å². The maximum absolute atomic E-state index is 2.56. The third-order valence-corrected chi connectivity index (χ3v) is 14.1. The van der Waals surface area contributed by atoms with Crippen LogP contribution in [0.3, 0.4) is 0 Å². The first-order valence-corrected chi connectivity index (χ1v) is 24.3. The predicted octanol–water partition coefficient (Wildman–Crippen LogP) is 16.5. The van der Waals surface area contributed by atoms with Gasteiger partial charge in [0.15, 0.2) is 0 Å². The van der Waals surface area contributed by atoms with Gasteiger partial charge in [-0.3, -0.25) is 0 Å². The molecular formula is C51H106N2. The topological polar surface area (TPSA) is 6.48 Å². The van der Waals surface area contributed by atoms with Crippen LogP contribution in [0.4, 0.5) is 0 Å². The molecule has 2 saturated heterocycles. The molecule has 4 saturated carbocycles. The molecule has 0 aromatic heterocycles. The van der Waals surface area contributed by atoms with Gasteiger partial charge in [-0.05, 0) is 127 Å². The summed E-state index contributed by atoms with van der Waals surface area (Å²) in [5.41, 5.74) is 0. The molecule has 0 N–H and O–H groups in total. The molecule has 0 aromatic carbocycles. The van der Waals surface area contributed by atoms with E-state index in [0.29, 0.717) is 0 Å². The van der Waals surface area contributed by atoms with Crippen molar-refractivity contribution >= 4 is 0 Å². The minimum absolute atomic E-state index is 0. The molecule has 0 amide bonds. The predicted molar refractivity (Wildman–Crippen MR) is 244 cm³/mol. The molecule has 6 fully saturated rings. The van der Waals surface area contributed by atoms with E-state index in [1.165, 1.54) is 180 Å². The van der Waals surface area contributed by atoms with Crippen molar-refractivity contribution in [2.24, 2.45) is 47.3 Å². The second-order valence-electron chi connectivity index (χ2n) is 20.2. The van der Waals surface area contributed by atoms with Crippen molar-refractivity contribution in [2.75, 3.05) is 26.2 Å². The summed E-state index contributed by atoms with van der Waals surface area (Å²) in [7, 11) is 0. The molecule has 0 atom stereocenters. The van der Waals surface area contributed by atoms with Gasteiger partial charge in [0, 0.05) is 12.1 Å². The largest absolute Gasteiger partial charge is 0.301 e. The molecule has 2 nitrogen and oxygen atoms in total. The van der Waals surface area contributed by atoms with Crippen LogP contribution in [0.15, 0.2) is 0 Å². The molecule has 0 aromatic rings. The molecule has 4 aliphatic carbocycles. The van der Waals surface area contributed by atoms with Crippen LogP contribution >= 0.6 is 0 Å². The fraction of sp³-hybridized carbons (Fsp3) is 1.00. The van der Waals surface area contributed by atoms with Gasteiger partial charge in [-0.1, -0.05) is 191 Å². The van der Waals surface area contributed by atoms with E-state index in [1.54, 1.807) is 0 Å². The van der Waals surface area contributed by atoms with Crippen LogP contribution in [-0.2, 0) is 0 Å². The lowest BCUT2D eigenvalue weighted by Gasteiger charge is -2.29. The second kappa shape index (κ2) is 32.9. The SMILES string of the molecule is C.CC(C)C1CCCC1.CC(C)C1CCCCC1.CC(C)C1CCCCC1.CC(C)C1CCCCC1.CC(C)N1CCCC1.CC(C)N1CCCCC1. The third kappa shape index (κ3) is 26.5. The minimum Gasteiger partial charge on any atom is -0.301 e. The van der Waals surface area contributed by atoms with Gasteiger partial charge in [0.25, 0.3) is 0 Å². The molecule has 2 heterocycles. The van der Waals surface area contributed by atoms with E-state index in [1.807, 2.05) is 0 Å². The van der Waals surface area contributed by atoms with E-state index >= 15 is 0 Å². The first-order valence-electron chi connectivity index (χ1n) is 24.3. The number of hydrogen-bond donors (Lipinski definition) is 0. The summed E-state index contributed by atoms with van der Waals surface area (Å²) in [6.45, 7) is 33.3. The number of piperidine rings is 1. The summed E-state index contributed by atoms with van der Waals surface area (Å²) >= 11 is 0. The van der Waals surface area contributed by atoms with Gasteiger partial charge in [0.2, 0.25) is 0 Å². The van der Waals surface area contributed by atoms with Crippen LogP contribution < -0.4 is 0 Å². The molecule has 0 bridgehead atoms. The zero-order valence-corrected chi connectivity index (χ0v) is 38.5. The van der Waals surface area contributed by atoms with E-state index in [0.717, 1.165) is 59.4 Å². The Balaban J connectivity index is 0.000000610. The lowest BCUT2D eigenvalue weighted by Crippen LogP contribution is -2.35. The summed E-state index contributed by atoms with van der Waals surface area (Å²) in [4.78, 5) is 5.09. The maximum atomic E-state index is 2.56. The lowest BCUT2D eigenvalue weighted by atomic mass is 9.82. The Kier molecular flexibility index (Phi) is 32.9. The van der Waals surface area contributed by atoms with E-state index in [9.17, 15) is 0 Å². The first kappa shape index (κ1) is 52.9. The molecule has 6 rings (SSSR count). The number of nitrogens with zero attached hydrogens (tertiary/aromatic N) is 2. The molecular weight excluding hydrogens is 641 g/mol. The molecule has 320 valence electrons. The van der Waals surface area contributed by atoms with Gasteiger partial charge >= 0.3 is 0 Å². The normalized spacial score (nSPS) is 22.5. The zero-order valence-electron chi connectivity index (χ0n) is 38.5. The summed E-state index contributed by atoms with van der Waals surface area (Å²) < 4.78 is 0. The summed E-state index contributed by atoms with van der Waals surface area (Å²) in [5, 5.41) is 0. The van der Waals surface area contributed by atoms with Crippen molar-refractivity contribution in [2.45, 2.75) is 257 Å². The van der Waals surface area contributed by atoms with Crippen molar-refractivity contribution in [3.63, 3.8) is 0 Å². The number of rotatable bonds is 6. The molecule has 2 aliphatic heterocycles. The van der Waals surface area contributed by atoms with Gasteiger partial charge < -0.3 is 9.80 Å². The maximum Gasteiger partial charge on any atom is 0.00385 e. The van der Waals surface area contributed by atoms with E-state index in [-0.39, 0.29) is 7.43 Å². The van der Waals surface area contributed by atoms with Crippen LogP contribution in [0.25, 0.3) is 0 Å². The Labute approximate surface area is 339 Å². The smallest absolute Gasteiger partial charge is 0.00385 e. The number of hydrogen-bond acceptors (Lipinski definition) is 2. The first-order chi connectivity index (χ1) is 24.8. The van der Waals surface area contributed by atoms with Crippen molar-refractivity contribution < 1.29 is 0 Å². The standard InChI is InChI=1S/3C9H18.C8H17N.C8H16.C7H15N.CH4/c4*1-8(2)9-6-4-3-5-7-9;2*1-7(2)8-5-3-4-6-8;/h3*8-9H,3-7H2,1-2H3;8H,3-7H2,1-2H3;7-8H,3-6H2,1-2H3;7H,3-6H2,1-2H3;1H4. The Morgan fingerprint density at radius 3 is 0.585 bits per heavy atom. The van der Waals surface area contributed by atoms with E-state index in [2.05, 4.69) is 92.9 Å². The van der Waals surface area contributed by atoms with E-state index in [4.69, 9.17) is 0 Å². The Bertz CT molecular complexity index is 624. The Morgan fingerprint density at radius 1 is 0.264 bits per heavy atom. The van der Waals surface area contributed by atoms with Crippen LogP contribution in [0.2, 0.25) is 0 Å². The highest BCUT2D eigenvalue weighted by atomic mass is 15.2. The van der Waals surface area contributed by atoms with Crippen LogP contribution in [-0.4, -0.2) is 48.1 Å². The molecule has 0 radical (unpaired) electrons. The third-order valence-electron chi connectivity index (χ3n) is 14.1. The van der Waals surface area contributed by atoms with E-state index < -0.39 is 0 Å². The average Bonchev–Trinajstić information content (AvgIpc) is 3.91. The van der Waals surface area contributed by atoms with Gasteiger partial charge in [0.1, 0.15) is 0 Å². The van der Waals surface area contributed by atoms with Gasteiger partial charge in [0.05, 0.1) is 0 Å². The fourth-order valence-electron chi connectivity index (χ4n) is 9.72. The van der Waals surface area contributed by atoms with Crippen molar-refractivity contribution in [1.29, 1.82) is 0 Å². The minimum atomic E-state index is 0. The van der Waals surface area contributed by atoms with Gasteiger partial charge in [-0.2, -0.15) is 0 Å². The zero-order chi connectivity index (χ0) is 38.7. The summed E-state index contributed by atoms with van der Waals surface area (Å²) in [5.74, 6) is 7.98. The molecule has 6 aliphatic rings. The van der Waals surface area contributed by atoms with Crippen molar-refractivity contribution in [3.05, 3.63) is 0 Å². The van der Waals surface area contributed by atoms with Crippen LogP contribution in [0.1, 0.15) is 245 Å². The van der Waals surface area contributed by atoms with Crippen LogP contribution in [0, 0.1) is 47.3 Å². The summed E-state index contributed by atoms with van der Waals surface area (Å²) in [6, 6.07) is 1.54. The Hall–Kier alpha value is -0.0800. The highest BCUT2D eigenvalue weighted by Gasteiger charge is 2.19.